The molecule has 2 aromatic rings. The molecule has 1 atom stereocenters. The van der Waals surface area contributed by atoms with Crippen LogP contribution in [0.2, 0.25) is 0 Å². The number of pyridine rings is 1. The van der Waals surface area contributed by atoms with Gasteiger partial charge in [0.2, 0.25) is 11.8 Å². The summed E-state index contributed by atoms with van der Waals surface area (Å²) in [6.07, 6.45) is 5.03. The third-order valence-electron chi connectivity index (χ3n) is 4.93. The molecule has 1 saturated heterocycles. The summed E-state index contributed by atoms with van der Waals surface area (Å²) in [5.74, 6) is 1.83. The molecule has 2 fully saturated rings. The van der Waals surface area contributed by atoms with E-state index in [9.17, 15) is 4.79 Å². The maximum Gasteiger partial charge on any atom is 0.229 e. The van der Waals surface area contributed by atoms with Crippen LogP contribution in [0, 0.1) is 0 Å². The second-order valence-electron chi connectivity index (χ2n) is 6.97. The number of hydrogen-bond donors (Lipinski definition) is 0. The fourth-order valence-corrected chi connectivity index (χ4v) is 3.41. The van der Waals surface area contributed by atoms with Crippen molar-refractivity contribution in [2.24, 2.45) is 0 Å². The van der Waals surface area contributed by atoms with Crippen molar-refractivity contribution in [3.8, 4) is 0 Å². The molecule has 7 nitrogen and oxygen atoms in total. The Labute approximate surface area is 147 Å². The Morgan fingerprint density at radius 3 is 2.96 bits per heavy atom. The van der Waals surface area contributed by atoms with E-state index in [-0.39, 0.29) is 11.9 Å². The first-order valence-electron chi connectivity index (χ1n) is 8.91. The minimum Gasteiger partial charge on any atom is -0.339 e. The first-order chi connectivity index (χ1) is 12.2. The largest absolute Gasteiger partial charge is 0.339 e. The van der Waals surface area contributed by atoms with E-state index in [2.05, 4.69) is 20.0 Å². The van der Waals surface area contributed by atoms with Gasteiger partial charge < -0.3 is 9.42 Å². The van der Waals surface area contributed by atoms with E-state index in [0.29, 0.717) is 18.3 Å². The Balaban J connectivity index is 1.38. The van der Waals surface area contributed by atoms with E-state index >= 15 is 0 Å². The summed E-state index contributed by atoms with van der Waals surface area (Å²) < 4.78 is 5.31. The standard InChI is InChI=1S/C18H23N5O2/c1-13(24)23(12-17-20-18(25-21-17)14-5-6-14)16-7-9-22(11-16)10-15-4-2-3-8-19-15/h2-4,8,14,16H,5-7,9-12H2,1H3/t16-/m0/s1. The van der Waals surface area contributed by atoms with Gasteiger partial charge in [-0.15, -0.1) is 0 Å². The normalized spacial score (nSPS) is 20.8. The monoisotopic (exact) mass is 341 g/mol. The van der Waals surface area contributed by atoms with Gasteiger partial charge in [0.1, 0.15) is 0 Å². The average molecular weight is 341 g/mol. The van der Waals surface area contributed by atoms with Crippen LogP contribution in [-0.2, 0) is 17.9 Å². The summed E-state index contributed by atoms with van der Waals surface area (Å²) >= 11 is 0. The van der Waals surface area contributed by atoms with Gasteiger partial charge >= 0.3 is 0 Å². The van der Waals surface area contributed by atoms with Gasteiger partial charge in [-0.3, -0.25) is 14.7 Å². The third kappa shape index (κ3) is 3.87. The van der Waals surface area contributed by atoms with Crippen LogP contribution in [0.3, 0.4) is 0 Å². The first kappa shape index (κ1) is 16.2. The number of amides is 1. The lowest BCUT2D eigenvalue weighted by molar-refractivity contribution is -0.131. The number of nitrogens with zero attached hydrogens (tertiary/aromatic N) is 5. The highest BCUT2D eigenvalue weighted by atomic mass is 16.5. The molecule has 2 aliphatic rings. The lowest BCUT2D eigenvalue weighted by atomic mass is 10.2. The van der Waals surface area contributed by atoms with Crippen molar-refractivity contribution >= 4 is 5.91 Å². The van der Waals surface area contributed by atoms with Crippen molar-refractivity contribution in [1.82, 2.24) is 24.9 Å². The van der Waals surface area contributed by atoms with Crippen LogP contribution in [0.4, 0.5) is 0 Å². The van der Waals surface area contributed by atoms with E-state index in [1.54, 1.807) is 6.92 Å². The van der Waals surface area contributed by atoms with Crippen LogP contribution in [0.25, 0.3) is 0 Å². The highest BCUT2D eigenvalue weighted by Crippen LogP contribution is 2.38. The van der Waals surface area contributed by atoms with Gasteiger partial charge in [-0.1, -0.05) is 11.2 Å². The van der Waals surface area contributed by atoms with E-state index < -0.39 is 0 Å². The van der Waals surface area contributed by atoms with Crippen molar-refractivity contribution in [3.63, 3.8) is 0 Å². The lowest BCUT2D eigenvalue weighted by Gasteiger charge is -2.27. The minimum atomic E-state index is 0.0578. The molecule has 1 amide bonds. The number of aromatic nitrogens is 3. The van der Waals surface area contributed by atoms with E-state index in [4.69, 9.17) is 4.52 Å². The van der Waals surface area contributed by atoms with Crippen molar-refractivity contribution in [3.05, 3.63) is 41.8 Å². The van der Waals surface area contributed by atoms with Crippen LogP contribution < -0.4 is 0 Å². The molecule has 3 heterocycles. The summed E-state index contributed by atoms with van der Waals surface area (Å²) in [5, 5.41) is 4.05. The number of carbonyl (C=O) groups is 1. The van der Waals surface area contributed by atoms with Gasteiger partial charge in [0.25, 0.3) is 0 Å². The zero-order valence-corrected chi connectivity index (χ0v) is 14.5. The Morgan fingerprint density at radius 1 is 1.36 bits per heavy atom. The highest BCUT2D eigenvalue weighted by molar-refractivity contribution is 5.73. The summed E-state index contributed by atoms with van der Waals surface area (Å²) in [6.45, 7) is 4.67. The molecule has 132 valence electrons. The van der Waals surface area contributed by atoms with Gasteiger partial charge in [-0.2, -0.15) is 4.98 Å². The molecule has 1 aliphatic heterocycles. The predicted molar refractivity (Wildman–Crippen MR) is 90.4 cm³/mol. The van der Waals surface area contributed by atoms with Crippen molar-refractivity contribution in [2.45, 2.75) is 51.2 Å². The quantitative estimate of drug-likeness (QED) is 0.799. The number of hydrogen-bond acceptors (Lipinski definition) is 6. The van der Waals surface area contributed by atoms with Crippen LogP contribution in [0.1, 0.15) is 49.5 Å². The second kappa shape index (κ2) is 6.92. The molecule has 0 N–H and O–H groups in total. The van der Waals surface area contributed by atoms with Crippen molar-refractivity contribution < 1.29 is 9.32 Å². The molecular weight excluding hydrogens is 318 g/mol. The lowest BCUT2D eigenvalue weighted by Crippen LogP contribution is -2.40. The molecule has 4 rings (SSSR count). The maximum absolute atomic E-state index is 12.2. The van der Waals surface area contributed by atoms with Gasteiger partial charge in [-0.05, 0) is 31.4 Å². The first-order valence-corrected chi connectivity index (χ1v) is 8.91. The molecule has 7 heteroatoms. The van der Waals surface area contributed by atoms with Crippen molar-refractivity contribution in [2.75, 3.05) is 13.1 Å². The van der Waals surface area contributed by atoms with Gasteiger partial charge in [0.05, 0.1) is 12.2 Å². The molecule has 0 radical (unpaired) electrons. The summed E-state index contributed by atoms with van der Waals surface area (Å²) in [5.41, 5.74) is 1.06. The Bertz CT molecular complexity index is 728. The van der Waals surface area contributed by atoms with E-state index in [1.165, 1.54) is 0 Å². The fourth-order valence-electron chi connectivity index (χ4n) is 3.41. The van der Waals surface area contributed by atoms with Crippen LogP contribution in [-0.4, -0.2) is 50.0 Å². The predicted octanol–water partition coefficient (Wildman–Crippen LogP) is 1.97. The molecule has 0 unspecified atom stereocenters. The number of rotatable bonds is 6. The Hall–Kier alpha value is -2.28. The maximum atomic E-state index is 12.2. The average Bonchev–Trinajstić information content (AvgIpc) is 3.18. The van der Waals surface area contributed by atoms with Gasteiger partial charge in [0, 0.05) is 44.7 Å². The van der Waals surface area contributed by atoms with Gasteiger partial charge in [-0.25, -0.2) is 0 Å². The van der Waals surface area contributed by atoms with Crippen molar-refractivity contribution in [1.29, 1.82) is 0 Å². The SMILES string of the molecule is CC(=O)N(Cc1noc(C2CC2)n1)[C@H]1CCN(Cc2ccccn2)C1. The zero-order chi connectivity index (χ0) is 17.2. The Kier molecular flexibility index (Phi) is 4.48. The molecule has 2 aromatic heterocycles. The third-order valence-corrected chi connectivity index (χ3v) is 4.93. The molecule has 1 saturated carbocycles. The molecule has 0 bridgehead atoms. The van der Waals surface area contributed by atoms with E-state index in [0.717, 1.165) is 50.5 Å². The topological polar surface area (TPSA) is 75.4 Å². The summed E-state index contributed by atoms with van der Waals surface area (Å²) in [7, 11) is 0. The Morgan fingerprint density at radius 2 is 2.24 bits per heavy atom. The second-order valence-corrected chi connectivity index (χ2v) is 6.97. The van der Waals surface area contributed by atoms with Crippen LogP contribution >= 0.6 is 0 Å². The minimum absolute atomic E-state index is 0.0578. The summed E-state index contributed by atoms with van der Waals surface area (Å²) in [6, 6.07) is 6.15. The number of likely N-dealkylation sites (tertiary alicyclic amines) is 1. The molecular formula is C18H23N5O2. The number of carbonyl (C=O) groups excluding carboxylic acids is 1. The van der Waals surface area contributed by atoms with Crippen LogP contribution in [0.5, 0.6) is 0 Å². The fraction of sp³-hybridized carbons (Fsp3) is 0.556. The molecule has 1 aliphatic carbocycles. The molecule has 0 spiro atoms. The summed E-state index contributed by atoms with van der Waals surface area (Å²) in [4.78, 5) is 25.2. The van der Waals surface area contributed by atoms with Gasteiger partial charge in [0.15, 0.2) is 5.82 Å². The molecule has 25 heavy (non-hydrogen) atoms. The smallest absolute Gasteiger partial charge is 0.229 e. The highest BCUT2D eigenvalue weighted by Gasteiger charge is 2.32. The van der Waals surface area contributed by atoms with E-state index in [1.807, 2.05) is 29.3 Å². The molecule has 0 aromatic carbocycles. The zero-order valence-electron chi connectivity index (χ0n) is 14.5. The van der Waals surface area contributed by atoms with Crippen LogP contribution in [0.15, 0.2) is 28.9 Å².